The van der Waals surface area contributed by atoms with E-state index in [1.54, 1.807) is 11.3 Å². The summed E-state index contributed by atoms with van der Waals surface area (Å²) in [4.78, 5) is 18.8. The number of benzene rings is 1. The van der Waals surface area contributed by atoms with E-state index in [2.05, 4.69) is 17.6 Å². The number of thiophene rings is 1. The molecule has 0 saturated carbocycles. The molecule has 1 aliphatic rings. The summed E-state index contributed by atoms with van der Waals surface area (Å²) in [6.07, 6.45) is 1.93. The summed E-state index contributed by atoms with van der Waals surface area (Å²) in [5, 5.41) is 9.58. The van der Waals surface area contributed by atoms with Gasteiger partial charge in [-0.05, 0) is 49.9 Å². The maximum absolute atomic E-state index is 13.0. The van der Waals surface area contributed by atoms with E-state index in [4.69, 9.17) is 4.98 Å². The first-order valence-corrected chi connectivity index (χ1v) is 9.56. The molecule has 4 nitrogen and oxygen atoms in total. The van der Waals surface area contributed by atoms with Gasteiger partial charge in [0, 0.05) is 17.5 Å². The standard InChI is InChI=1S/C20H21N3OS/c1-13-11-14(8-9-21-13)22-20(24)16-12-18(19-7-4-10-25-19)23-17-6-3-2-5-15(16)17/h2-7,10,12-14,21H,8-9,11H2,1H3,(H,22,24). The summed E-state index contributed by atoms with van der Waals surface area (Å²) in [6.45, 7) is 3.11. The van der Waals surface area contributed by atoms with Gasteiger partial charge in [0.15, 0.2) is 0 Å². The lowest BCUT2D eigenvalue weighted by Crippen LogP contribution is -2.46. The SMILES string of the molecule is CC1CC(NC(=O)c2cc(-c3cccs3)nc3ccccc23)CCN1. The lowest BCUT2D eigenvalue weighted by Gasteiger charge is -2.28. The summed E-state index contributed by atoms with van der Waals surface area (Å²) < 4.78 is 0. The van der Waals surface area contributed by atoms with Crippen LogP contribution >= 0.6 is 11.3 Å². The number of pyridine rings is 1. The van der Waals surface area contributed by atoms with Gasteiger partial charge in [-0.1, -0.05) is 24.3 Å². The van der Waals surface area contributed by atoms with E-state index in [1.807, 2.05) is 47.8 Å². The maximum Gasteiger partial charge on any atom is 0.252 e. The summed E-state index contributed by atoms with van der Waals surface area (Å²) >= 11 is 1.64. The van der Waals surface area contributed by atoms with Gasteiger partial charge in [-0.2, -0.15) is 0 Å². The van der Waals surface area contributed by atoms with Crippen molar-refractivity contribution in [3.05, 3.63) is 53.4 Å². The van der Waals surface area contributed by atoms with Crippen LogP contribution in [0.3, 0.4) is 0 Å². The molecule has 3 heterocycles. The number of hydrogen-bond acceptors (Lipinski definition) is 4. The Kier molecular flexibility index (Phi) is 4.51. The number of para-hydroxylation sites is 1. The monoisotopic (exact) mass is 351 g/mol. The van der Waals surface area contributed by atoms with Gasteiger partial charge in [0.25, 0.3) is 5.91 Å². The van der Waals surface area contributed by atoms with Crippen LogP contribution in [0.2, 0.25) is 0 Å². The second kappa shape index (κ2) is 6.94. The Balaban J connectivity index is 1.70. The molecule has 4 rings (SSSR count). The summed E-state index contributed by atoms with van der Waals surface area (Å²) in [7, 11) is 0. The highest BCUT2D eigenvalue weighted by Gasteiger charge is 2.22. The van der Waals surface area contributed by atoms with Crippen LogP contribution in [0.4, 0.5) is 0 Å². The Morgan fingerprint density at radius 2 is 2.16 bits per heavy atom. The van der Waals surface area contributed by atoms with Crippen molar-refractivity contribution in [1.82, 2.24) is 15.6 Å². The molecule has 0 aliphatic carbocycles. The molecule has 2 N–H and O–H groups in total. The number of rotatable bonds is 3. The predicted molar refractivity (Wildman–Crippen MR) is 103 cm³/mol. The van der Waals surface area contributed by atoms with E-state index < -0.39 is 0 Å². The van der Waals surface area contributed by atoms with Crippen LogP contribution in [-0.4, -0.2) is 29.5 Å². The third-order valence-corrected chi connectivity index (χ3v) is 5.59. The van der Waals surface area contributed by atoms with E-state index in [0.29, 0.717) is 11.6 Å². The molecule has 128 valence electrons. The van der Waals surface area contributed by atoms with Crippen LogP contribution in [0, 0.1) is 0 Å². The number of hydrogen-bond donors (Lipinski definition) is 2. The zero-order valence-electron chi connectivity index (χ0n) is 14.2. The quantitative estimate of drug-likeness (QED) is 0.754. The Morgan fingerprint density at radius 1 is 1.28 bits per heavy atom. The van der Waals surface area contributed by atoms with Crippen LogP contribution in [0.15, 0.2) is 47.8 Å². The van der Waals surface area contributed by atoms with Crippen molar-refractivity contribution < 1.29 is 4.79 Å². The Morgan fingerprint density at radius 3 is 2.96 bits per heavy atom. The molecule has 0 radical (unpaired) electrons. The molecule has 1 amide bonds. The van der Waals surface area contributed by atoms with Crippen molar-refractivity contribution in [2.45, 2.75) is 31.8 Å². The number of nitrogens with one attached hydrogen (secondary N) is 2. The molecule has 1 fully saturated rings. The number of aromatic nitrogens is 1. The number of carbonyl (C=O) groups excluding carboxylic acids is 1. The molecule has 1 saturated heterocycles. The van der Waals surface area contributed by atoms with Crippen molar-refractivity contribution in [3.63, 3.8) is 0 Å². The van der Waals surface area contributed by atoms with Crippen LogP contribution in [-0.2, 0) is 0 Å². The van der Waals surface area contributed by atoms with Crippen molar-refractivity contribution >= 4 is 28.1 Å². The molecule has 0 bridgehead atoms. The van der Waals surface area contributed by atoms with Gasteiger partial charge < -0.3 is 10.6 Å². The van der Waals surface area contributed by atoms with Crippen LogP contribution in [0.5, 0.6) is 0 Å². The van der Waals surface area contributed by atoms with Gasteiger partial charge in [0.1, 0.15) is 0 Å². The first-order valence-electron chi connectivity index (χ1n) is 8.68. The van der Waals surface area contributed by atoms with E-state index in [1.165, 1.54) is 0 Å². The zero-order chi connectivity index (χ0) is 17.2. The Hall–Kier alpha value is -2.24. The van der Waals surface area contributed by atoms with Crippen molar-refractivity contribution in [2.24, 2.45) is 0 Å². The highest BCUT2D eigenvalue weighted by molar-refractivity contribution is 7.13. The van der Waals surface area contributed by atoms with Crippen LogP contribution in [0.25, 0.3) is 21.5 Å². The third kappa shape index (κ3) is 3.43. The first-order chi connectivity index (χ1) is 12.2. The number of piperidine rings is 1. The highest BCUT2D eigenvalue weighted by atomic mass is 32.1. The Labute approximate surface area is 151 Å². The normalized spacial score (nSPS) is 20.5. The van der Waals surface area contributed by atoms with E-state index in [9.17, 15) is 4.79 Å². The van der Waals surface area contributed by atoms with E-state index >= 15 is 0 Å². The molecule has 3 aromatic rings. The maximum atomic E-state index is 13.0. The molecular weight excluding hydrogens is 330 g/mol. The molecule has 0 spiro atoms. The molecule has 25 heavy (non-hydrogen) atoms. The second-order valence-corrected chi connectivity index (χ2v) is 7.55. The summed E-state index contributed by atoms with van der Waals surface area (Å²) in [5.41, 5.74) is 2.43. The topological polar surface area (TPSA) is 54.0 Å². The van der Waals surface area contributed by atoms with Crippen molar-refractivity contribution in [2.75, 3.05) is 6.54 Å². The fourth-order valence-electron chi connectivity index (χ4n) is 3.44. The molecule has 5 heteroatoms. The average molecular weight is 351 g/mol. The first kappa shape index (κ1) is 16.2. The smallest absolute Gasteiger partial charge is 0.252 e. The minimum Gasteiger partial charge on any atom is -0.349 e. The van der Waals surface area contributed by atoms with Crippen molar-refractivity contribution in [3.8, 4) is 10.6 Å². The molecule has 1 aromatic carbocycles. The van der Waals surface area contributed by atoms with Gasteiger partial charge in [0.05, 0.1) is 21.7 Å². The van der Waals surface area contributed by atoms with E-state index in [0.717, 1.165) is 40.9 Å². The number of nitrogens with zero attached hydrogens (tertiary/aromatic N) is 1. The van der Waals surface area contributed by atoms with E-state index in [-0.39, 0.29) is 11.9 Å². The molecule has 1 aliphatic heterocycles. The van der Waals surface area contributed by atoms with Crippen LogP contribution in [0.1, 0.15) is 30.1 Å². The average Bonchev–Trinajstić information content (AvgIpc) is 3.15. The lowest BCUT2D eigenvalue weighted by molar-refractivity contribution is 0.0927. The van der Waals surface area contributed by atoms with Gasteiger partial charge in [0.2, 0.25) is 0 Å². The number of fused-ring (bicyclic) bond motifs is 1. The minimum atomic E-state index is -0.00416. The highest BCUT2D eigenvalue weighted by Crippen LogP contribution is 2.28. The number of carbonyl (C=O) groups is 1. The predicted octanol–water partition coefficient (Wildman–Crippen LogP) is 3.83. The Bertz CT molecular complexity index is 891. The fraction of sp³-hybridized carbons (Fsp3) is 0.300. The van der Waals surface area contributed by atoms with Gasteiger partial charge >= 0.3 is 0 Å². The molecule has 2 aromatic heterocycles. The van der Waals surface area contributed by atoms with Crippen molar-refractivity contribution in [1.29, 1.82) is 0 Å². The summed E-state index contributed by atoms with van der Waals surface area (Å²) in [6, 6.07) is 14.5. The fourth-order valence-corrected chi connectivity index (χ4v) is 4.13. The lowest BCUT2D eigenvalue weighted by atomic mass is 9.99. The van der Waals surface area contributed by atoms with Gasteiger partial charge in [-0.25, -0.2) is 4.98 Å². The van der Waals surface area contributed by atoms with Gasteiger partial charge in [-0.15, -0.1) is 11.3 Å². The third-order valence-electron chi connectivity index (χ3n) is 4.69. The second-order valence-electron chi connectivity index (χ2n) is 6.60. The van der Waals surface area contributed by atoms with Gasteiger partial charge in [-0.3, -0.25) is 4.79 Å². The molecular formula is C20H21N3OS. The zero-order valence-corrected chi connectivity index (χ0v) is 15.0. The molecule has 2 atom stereocenters. The molecule has 2 unspecified atom stereocenters. The number of amides is 1. The summed E-state index contributed by atoms with van der Waals surface area (Å²) in [5.74, 6) is -0.00416. The largest absolute Gasteiger partial charge is 0.349 e. The minimum absolute atomic E-state index is 0.00416. The van der Waals surface area contributed by atoms with Crippen LogP contribution < -0.4 is 10.6 Å².